The van der Waals surface area contributed by atoms with Crippen molar-refractivity contribution in [1.82, 2.24) is 10.3 Å². The van der Waals surface area contributed by atoms with Gasteiger partial charge in [-0.1, -0.05) is 12.1 Å². The second-order valence-electron chi connectivity index (χ2n) is 3.40. The van der Waals surface area contributed by atoms with Gasteiger partial charge in [0.2, 0.25) is 0 Å². The molecule has 0 atom stereocenters. The molecule has 74 valence electrons. The lowest BCUT2D eigenvalue weighted by Crippen LogP contribution is -2.20. The van der Waals surface area contributed by atoms with Gasteiger partial charge < -0.3 is 11.1 Å². The van der Waals surface area contributed by atoms with E-state index >= 15 is 0 Å². The quantitative estimate of drug-likeness (QED) is 0.727. The fourth-order valence-corrected chi connectivity index (χ4v) is 1.63. The fraction of sp³-hybridized carbons (Fsp3) is 0.364. The number of pyridine rings is 1. The van der Waals surface area contributed by atoms with Crippen molar-refractivity contribution in [2.45, 2.75) is 13.0 Å². The van der Waals surface area contributed by atoms with Crippen LogP contribution in [-0.2, 0) is 6.54 Å². The zero-order valence-corrected chi connectivity index (χ0v) is 8.16. The van der Waals surface area contributed by atoms with E-state index in [1.807, 2.05) is 12.1 Å². The van der Waals surface area contributed by atoms with E-state index in [1.54, 1.807) is 0 Å². The molecule has 0 bridgehead atoms. The predicted octanol–water partition coefficient (Wildman–Crippen LogP) is 0.917. The third kappa shape index (κ3) is 2.00. The third-order valence-corrected chi connectivity index (χ3v) is 2.41. The Balaban J connectivity index is 2.26. The number of nitrogens with zero attached hydrogens (tertiary/aromatic N) is 1. The van der Waals surface area contributed by atoms with Gasteiger partial charge in [-0.25, -0.2) is 0 Å². The summed E-state index contributed by atoms with van der Waals surface area (Å²) in [6, 6.07) is 6.04. The Morgan fingerprint density at radius 3 is 3.07 bits per heavy atom. The lowest BCUT2D eigenvalue weighted by molar-refractivity contribution is 0.736. The molecule has 0 amide bonds. The molecule has 14 heavy (non-hydrogen) atoms. The average Bonchev–Trinajstić information content (AvgIpc) is 2.30. The van der Waals surface area contributed by atoms with Crippen molar-refractivity contribution in [3.05, 3.63) is 35.7 Å². The van der Waals surface area contributed by atoms with Crippen LogP contribution in [-0.4, -0.2) is 18.1 Å². The summed E-state index contributed by atoms with van der Waals surface area (Å²) in [4.78, 5) is 4.49. The molecule has 1 aliphatic rings. The second-order valence-corrected chi connectivity index (χ2v) is 3.40. The van der Waals surface area contributed by atoms with Gasteiger partial charge in [0.15, 0.2) is 0 Å². The largest absolute Gasteiger partial charge is 0.325 e. The van der Waals surface area contributed by atoms with Crippen LogP contribution < -0.4 is 11.1 Å². The SMILES string of the molecule is NCc1cccc(C2=CCNCC2)n1. The summed E-state index contributed by atoms with van der Waals surface area (Å²) < 4.78 is 0. The Kier molecular flexibility index (Phi) is 2.91. The van der Waals surface area contributed by atoms with Crippen LogP contribution in [0.1, 0.15) is 17.8 Å². The monoisotopic (exact) mass is 189 g/mol. The minimum Gasteiger partial charge on any atom is -0.325 e. The van der Waals surface area contributed by atoms with E-state index in [2.05, 4.69) is 22.4 Å². The first kappa shape index (κ1) is 9.37. The molecule has 1 aliphatic heterocycles. The Labute approximate surface area is 84.0 Å². The lowest BCUT2D eigenvalue weighted by atomic mass is 10.1. The fourth-order valence-electron chi connectivity index (χ4n) is 1.63. The number of hydrogen-bond donors (Lipinski definition) is 2. The number of nitrogens with two attached hydrogens (primary N) is 1. The van der Waals surface area contributed by atoms with Gasteiger partial charge in [0.25, 0.3) is 0 Å². The highest BCUT2D eigenvalue weighted by molar-refractivity contribution is 5.63. The van der Waals surface area contributed by atoms with Crippen molar-refractivity contribution in [3.63, 3.8) is 0 Å². The normalized spacial score (nSPS) is 16.5. The van der Waals surface area contributed by atoms with Gasteiger partial charge in [-0.05, 0) is 30.7 Å². The summed E-state index contributed by atoms with van der Waals surface area (Å²) in [5.41, 5.74) is 8.92. The van der Waals surface area contributed by atoms with Crippen LogP contribution in [0.4, 0.5) is 0 Å². The van der Waals surface area contributed by atoms with Crippen molar-refractivity contribution in [2.24, 2.45) is 5.73 Å². The van der Waals surface area contributed by atoms with E-state index in [0.29, 0.717) is 6.54 Å². The van der Waals surface area contributed by atoms with Gasteiger partial charge >= 0.3 is 0 Å². The Bertz CT molecular complexity index is 344. The summed E-state index contributed by atoms with van der Waals surface area (Å²) in [6.45, 7) is 2.50. The standard InChI is InChI=1S/C11H15N3/c12-8-10-2-1-3-11(14-10)9-4-6-13-7-5-9/h1-4,13H,5-8,12H2. The summed E-state index contributed by atoms with van der Waals surface area (Å²) >= 11 is 0. The minimum atomic E-state index is 0.513. The average molecular weight is 189 g/mol. The van der Waals surface area contributed by atoms with Crippen LogP contribution in [0.3, 0.4) is 0 Å². The van der Waals surface area contributed by atoms with Crippen LogP contribution in [0.15, 0.2) is 24.3 Å². The summed E-state index contributed by atoms with van der Waals surface area (Å²) in [5, 5.41) is 3.28. The van der Waals surface area contributed by atoms with Crippen molar-refractivity contribution in [2.75, 3.05) is 13.1 Å². The summed E-state index contributed by atoms with van der Waals surface area (Å²) in [6.07, 6.45) is 3.26. The van der Waals surface area contributed by atoms with Crippen LogP contribution in [0.5, 0.6) is 0 Å². The molecule has 2 rings (SSSR count). The van der Waals surface area contributed by atoms with E-state index in [0.717, 1.165) is 30.9 Å². The summed E-state index contributed by atoms with van der Waals surface area (Å²) in [5.74, 6) is 0. The maximum atomic E-state index is 5.55. The molecule has 0 radical (unpaired) electrons. The predicted molar refractivity (Wildman–Crippen MR) is 57.6 cm³/mol. The maximum absolute atomic E-state index is 5.55. The van der Waals surface area contributed by atoms with E-state index in [4.69, 9.17) is 5.73 Å². The van der Waals surface area contributed by atoms with Crippen LogP contribution in [0.25, 0.3) is 5.57 Å². The van der Waals surface area contributed by atoms with Gasteiger partial charge in [-0.15, -0.1) is 0 Å². The first-order chi connectivity index (χ1) is 6.90. The number of aromatic nitrogens is 1. The Morgan fingerprint density at radius 2 is 2.36 bits per heavy atom. The zero-order valence-electron chi connectivity index (χ0n) is 8.16. The van der Waals surface area contributed by atoms with Gasteiger partial charge in [0.1, 0.15) is 0 Å². The molecule has 0 aliphatic carbocycles. The highest BCUT2D eigenvalue weighted by atomic mass is 14.9. The van der Waals surface area contributed by atoms with Crippen molar-refractivity contribution in [1.29, 1.82) is 0 Å². The molecule has 1 aromatic rings. The topological polar surface area (TPSA) is 50.9 Å². The summed E-state index contributed by atoms with van der Waals surface area (Å²) in [7, 11) is 0. The van der Waals surface area contributed by atoms with E-state index < -0.39 is 0 Å². The Hall–Kier alpha value is -1.19. The van der Waals surface area contributed by atoms with Gasteiger partial charge in [-0.3, -0.25) is 4.98 Å². The molecule has 0 aromatic carbocycles. The highest BCUT2D eigenvalue weighted by Crippen LogP contribution is 2.17. The van der Waals surface area contributed by atoms with Crippen LogP contribution in [0, 0.1) is 0 Å². The van der Waals surface area contributed by atoms with E-state index in [1.165, 1.54) is 5.57 Å². The highest BCUT2D eigenvalue weighted by Gasteiger charge is 2.06. The lowest BCUT2D eigenvalue weighted by Gasteiger charge is -2.13. The van der Waals surface area contributed by atoms with E-state index in [-0.39, 0.29) is 0 Å². The van der Waals surface area contributed by atoms with E-state index in [9.17, 15) is 0 Å². The molecule has 0 spiro atoms. The number of nitrogens with one attached hydrogen (secondary N) is 1. The van der Waals surface area contributed by atoms with Crippen molar-refractivity contribution in [3.8, 4) is 0 Å². The molecule has 0 saturated carbocycles. The number of rotatable bonds is 2. The van der Waals surface area contributed by atoms with Gasteiger partial charge in [0.05, 0.1) is 11.4 Å². The molecule has 1 aromatic heterocycles. The smallest absolute Gasteiger partial charge is 0.0663 e. The molecule has 2 heterocycles. The first-order valence-corrected chi connectivity index (χ1v) is 4.96. The second kappa shape index (κ2) is 4.35. The third-order valence-electron chi connectivity index (χ3n) is 2.41. The molecule has 0 saturated heterocycles. The molecule has 3 N–H and O–H groups in total. The molecule has 3 nitrogen and oxygen atoms in total. The number of hydrogen-bond acceptors (Lipinski definition) is 3. The minimum absolute atomic E-state index is 0.513. The van der Waals surface area contributed by atoms with Crippen molar-refractivity contribution < 1.29 is 0 Å². The van der Waals surface area contributed by atoms with Crippen LogP contribution >= 0.6 is 0 Å². The van der Waals surface area contributed by atoms with Gasteiger partial charge in [-0.2, -0.15) is 0 Å². The molecule has 0 fully saturated rings. The maximum Gasteiger partial charge on any atom is 0.0663 e. The van der Waals surface area contributed by atoms with Crippen molar-refractivity contribution >= 4 is 5.57 Å². The molecular weight excluding hydrogens is 174 g/mol. The Morgan fingerprint density at radius 1 is 1.43 bits per heavy atom. The van der Waals surface area contributed by atoms with Gasteiger partial charge in [0, 0.05) is 13.1 Å². The molecule has 0 unspecified atom stereocenters. The van der Waals surface area contributed by atoms with Crippen LogP contribution in [0.2, 0.25) is 0 Å². The zero-order chi connectivity index (χ0) is 9.80. The molecular formula is C11H15N3. The first-order valence-electron chi connectivity index (χ1n) is 4.96. The molecule has 3 heteroatoms.